The molecule has 0 atom stereocenters. The van der Waals surface area contributed by atoms with Crippen LogP contribution in [0.25, 0.3) is 0 Å². The highest BCUT2D eigenvalue weighted by molar-refractivity contribution is 5.95. The molecule has 0 aromatic carbocycles. The molecule has 1 aliphatic rings. The summed E-state index contributed by atoms with van der Waals surface area (Å²) in [6.45, 7) is 8.31. The molecule has 0 radical (unpaired) electrons. The smallest absolute Gasteiger partial charge is 0.257 e. The number of hydrogen-bond acceptors (Lipinski definition) is 3. The van der Waals surface area contributed by atoms with Crippen LogP contribution < -0.4 is 0 Å². The largest absolute Gasteiger partial charge is 0.393 e. The lowest BCUT2D eigenvalue weighted by atomic mass is 10.1. The molecule has 1 aromatic rings. The van der Waals surface area contributed by atoms with Gasteiger partial charge in [-0.25, -0.2) is 0 Å². The zero-order valence-electron chi connectivity index (χ0n) is 12.0. The molecule has 0 unspecified atom stereocenters. The van der Waals surface area contributed by atoms with Crippen molar-refractivity contribution in [3.05, 3.63) is 17.5 Å². The molecule has 0 aliphatic carbocycles. The van der Waals surface area contributed by atoms with Crippen LogP contribution in [0.3, 0.4) is 0 Å². The first-order chi connectivity index (χ1) is 8.99. The van der Waals surface area contributed by atoms with Crippen LogP contribution in [0.5, 0.6) is 0 Å². The topological polar surface area (TPSA) is 58.4 Å². The van der Waals surface area contributed by atoms with Crippen molar-refractivity contribution in [2.45, 2.75) is 46.3 Å². The average molecular weight is 265 g/mol. The highest BCUT2D eigenvalue weighted by Crippen LogP contribution is 2.16. The fourth-order valence-electron chi connectivity index (χ4n) is 2.43. The molecule has 1 saturated heterocycles. The molecule has 5 heteroatoms. The van der Waals surface area contributed by atoms with Crippen molar-refractivity contribution in [3.8, 4) is 0 Å². The molecular formula is C14H23N3O2. The van der Waals surface area contributed by atoms with Gasteiger partial charge in [-0.3, -0.25) is 9.48 Å². The Morgan fingerprint density at radius 1 is 1.47 bits per heavy atom. The van der Waals surface area contributed by atoms with Crippen molar-refractivity contribution in [3.63, 3.8) is 0 Å². The fourth-order valence-corrected chi connectivity index (χ4v) is 2.43. The van der Waals surface area contributed by atoms with Gasteiger partial charge < -0.3 is 10.0 Å². The van der Waals surface area contributed by atoms with Gasteiger partial charge in [0.2, 0.25) is 0 Å². The summed E-state index contributed by atoms with van der Waals surface area (Å²) in [7, 11) is 0. The van der Waals surface area contributed by atoms with Gasteiger partial charge in [-0.2, -0.15) is 5.10 Å². The summed E-state index contributed by atoms with van der Waals surface area (Å²) >= 11 is 0. The average Bonchev–Trinajstić information content (AvgIpc) is 2.70. The standard InChI is InChI=1S/C14H23N3O2/c1-10(2)9-17-11(3)13(8-15-17)14(19)16-6-4-12(18)5-7-16/h8,10,12,18H,4-7,9H2,1-3H3. The van der Waals surface area contributed by atoms with E-state index in [0.717, 1.165) is 12.2 Å². The van der Waals surface area contributed by atoms with E-state index in [9.17, 15) is 9.90 Å². The second kappa shape index (κ2) is 5.74. The van der Waals surface area contributed by atoms with Gasteiger partial charge in [-0.15, -0.1) is 0 Å². The summed E-state index contributed by atoms with van der Waals surface area (Å²) in [5, 5.41) is 13.8. The van der Waals surface area contributed by atoms with Gasteiger partial charge in [-0.05, 0) is 25.7 Å². The summed E-state index contributed by atoms with van der Waals surface area (Å²) in [5.41, 5.74) is 1.63. The maximum Gasteiger partial charge on any atom is 0.257 e. The molecule has 0 bridgehead atoms. The van der Waals surface area contributed by atoms with E-state index >= 15 is 0 Å². The molecule has 5 nitrogen and oxygen atoms in total. The summed E-state index contributed by atoms with van der Waals surface area (Å²) in [4.78, 5) is 14.2. The first-order valence-electron chi connectivity index (χ1n) is 6.98. The van der Waals surface area contributed by atoms with E-state index in [-0.39, 0.29) is 12.0 Å². The number of amides is 1. The molecule has 19 heavy (non-hydrogen) atoms. The number of hydrogen-bond donors (Lipinski definition) is 1. The zero-order chi connectivity index (χ0) is 14.0. The molecular weight excluding hydrogens is 242 g/mol. The Morgan fingerprint density at radius 2 is 2.11 bits per heavy atom. The highest BCUT2D eigenvalue weighted by atomic mass is 16.3. The maximum absolute atomic E-state index is 12.4. The SMILES string of the molecule is Cc1c(C(=O)N2CCC(O)CC2)cnn1CC(C)C. The summed E-state index contributed by atoms with van der Waals surface area (Å²) in [6, 6.07) is 0. The van der Waals surface area contributed by atoms with Crippen LogP contribution in [0.4, 0.5) is 0 Å². The third-order valence-electron chi connectivity index (χ3n) is 3.62. The minimum atomic E-state index is -0.256. The molecule has 1 fully saturated rings. The third-order valence-corrected chi connectivity index (χ3v) is 3.62. The molecule has 106 valence electrons. The van der Waals surface area contributed by atoms with E-state index in [1.165, 1.54) is 0 Å². The minimum Gasteiger partial charge on any atom is -0.393 e. The van der Waals surface area contributed by atoms with Gasteiger partial charge in [0.05, 0.1) is 17.9 Å². The predicted molar refractivity (Wildman–Crippen MR) is 72.9 cm³/mol. The number of aliphatic hydroxyl groups excluding tert-OH is 1. The second-order valence-electron chi connectivity index (χ2n) is 5.74. The van der Waals surface area contributed by atoms with Crippen molar-refractivity contribution in [2.24, 2.45) is 5.92 Å². The Labute approximate surface area is 114 Å². The number of rotatable bonds is 3. The van der Waals surface area contributed by atoms with Gasteiger partial charge >= 0.3 is 0 Å². The van der Waals surface area contributed by atoms with Crippen LogP contribution in [0.2, 0.25) is 0 Å². The van der Waals surface area contributed by atoms with Crippen molar-refractivity contribution in [1.29, 1.82) is 0 Å². The van der Waals surface area contributed by atoms with Crippen LogP contribution >= 0.6 is 0 Å². The first kappa shape index (κ1) is 14.1. The molecule has 1 aromatic heterocycles. The normalized spacial score (nSPS) is 17.2. The van der Waals surface area contributed by atoms with E-state index in [0.29, 0.717) is 37.4 Å². The lowest BCUT2D eigenvalue weighted by Crippen LogP contribution is -2.40. The van der Waals surface area contributed by atoms with Crippen LogP contribution in [0, 0.1) is 12.8 Å². The lowest BCUT2D eigenvalue weighted by molar-refractivity contribution is 0.0546. The number of aliphatic hydroxyl groups is 1. The zero-order valence-corrected chi connectivity index (χ0v) is 12.0. The molecule has 1 N–H and O–H groups in total. The molecule has 0 spiro atoms. The van der Waals surface area contributed by atoms with E-state index in [1.807, 2.05) is 16.5 Å². The minimum absolute atomic E-state index is 0.0411. The molecule has 0 saturated carbocycles. The third kappa shape index (κ3) is 3.15. The Bertz CT molecular complexity index is 446. The van der Waals surface area contributed by atoms with Crippen molar-refractivity contribution in [2.75, 3.05) is 13.1 Å². The summed E-state index contributed by atoms with van der Waals surface area (Å²) in [5.74, 6) is 0.547. The first-order valence-corrected chi connectivity index (χ1v) is 6.98. The number of piperidine rings is 1. The number of aromatic nitrogens is 2. The molecule has 1 aliphatic heterocycles. The number of nitrogens with zero attached hydrogens (tertiary/aromatic N) is 3. The van der Waals surface area contributed by atoms with Crippen molar-refractivity contribution < 1.29 is 9.90 Å². The van der Waals surface area contributed by atoms with Gasteiger partial charge in [0.15, 0.2) is 0 Å². The Kier molecular flexibility index (Phi) is 4.24. The molecule has 1 amide bonds. The fraction of sp³-hybridized carbons (Fsp3) is 0.714. The van der Waals surface area contributed by atoms with Crippen LogP contribution in [-0.4, -0.2) is 44.9 Å². The van der Waals surface area contributed by atoms with Gasteiger partial charge in [0.1, 0.15) is 0 Å². The van der Waals surface area contributed by atoms with E-state index in [2.05, 4.69) is 18.9 Å². The van der Waals surface area contributed by atoms with Crippen LogP contribution in [0.1, 0.15) is 42.7 Å². The monoisotopic (exact) mass is 265 g/mol. The lowest BCUT2D eigenvalue weighted by Gasteiger charge is -2.29. The van der Waals surface area contributed by atoms with E-state index in [4.69, 9.17) is 0 Å². The number of carbonyl (C=O) groups excluding carboxylic acids is 1. The molecule has 2 rings (SSSR count). The maximum atomic E-state index is 12.4. The molecule has 2 heterocycles. The number of carbonyl (C=O) groups is 1. The highest BCUT2D eigenvalue weighted by Gasteiger charge is 2.24. The Balaban J connectivity index is 2.09. The Hall–Kier alpha value is -1.36. The summed E-state index contributed by atoms with van der Waals surface area (Å²) in [6.07, 6.45) is 2.76. The van der Waals surface area contributed by atoms with Crippen molar-refractivity contribution in [1.82, 2.24) is 14.7 Å². The van der Waals surface area contributed by atoms with E-state index in [1.54, 1.807) is 6.20 Å². The van der Waals surface area contributed by atoms with Crippen molar-refractivity contribution >= 4 is 5.91 Å². The number of likely N-dealkylation sites (tertiary alicyclic amines) is 1. The van der Waals surface area contributed by atoms with Gasteiger partial charge in [0, 0.05) is 25.3 Å². The van der Waals surface area contributed by atoms with E-state index < -0.39 is 0 Å². The van der Waals surface area contributed by atoms with Gasteiger partial charge in [0.25, 0.3) is 5.91 Å². The quantitative estimate of drug-likeness (QED) is 0.899. The van der Waals surface area contributed by atoms with Crippen LogP contribution in [-0.2, 0) is 6.54 Å². The van der Waals surface area contributed by atoms with Crippen LogP contribution in [0.15, 0.2) is 6.20 Å². The summed E-state index contributed by atoms with van der Waals surface area (Å²) < 4.78 is 1.90. The second-order valence-corrected chi connectivity index (χ2v) is 5.74. The van der Waals surface area contributed by atoms with Gasteiger partial charge in [-0.1, -0.05) is 13.8 Å². The Morgan fingerprint density at radius 3 is 2.68 bits per heavy atom. The predicted octanol–water partition coefficient (Wildman–Crippen LogP) is 1.44.